The second-order valence-corrected chi connectivity index (χ2v) is 4.56. The lowest BCUT2D eigenvalue weighted by Crippen LogP contribution is -2.21. The second-order valence-electron chi connectivity index (χ2n) is 4.56. The number of hydrogen-bond donors (Lipinski definition) is 1. The van der Waals surface area contributed by atoms with Crippen molar-refractivity contribution in [2.75, 3.05) is 19.0 Å². The summed E-state index contributed by atoms with van der Waals surface area (Å²) in [7, 11) is 1.30. The Kier molecular flexibility index (Phi) is 5.40. The van der Waals surface area contributed by atoms with Gasteiger partial charge in [-0.25, -0.2) is 0 Å². The number of benzene rings is 1. The first-order valence-electron chi connectivity index (χ1n) is 6.77. The number of nitro groups is 2. The third-order valence-corrected chi connectivity index (χ3v) is 2.95. The SMILES string of the molecule is COc1cc([N+](=O)[O-])ccc1NC(=O)COc1cccnc1[N+](=O)[O-]. The maximum Gasteiger partial charge on any atom is 0.406 e. The fourth-order valence-electron chi connectivity index (χ4n) is 1.86. The molecule has 2 rings (SSSR count). The standard InChI is InChI=1S/C14H12N4O7/c1-24-12-7-9(17(20)21)4-5-10(12)16-13(19)8-25-11-3-2-6-15-14(11)18(22)23/h2-7H,8H2,1H3,(H,16,19). The van der Waals surface area contributed by atoms with E-state index in [1.54, 1.807) is 0 Å². The van der Waals surface area contributed by atoms with Gasteiger partial charge in [0.15, 0.2) is 6.61 Å². The van der Waals surface area contributed by atoms with Crippen LogP contribution < -0.4 is 14.8 Å². The lowest BCUT2D eigenvalue weighted by Gasteiger charge is -2.10. The summed E-state index contributed by atoms with van der Waals surface area (Å²) >= 11 is 0. The summed E-state index contributed by atoms with van der Waals surface area (Å²) < 4.78 is 10.1. The summed E-state index contributed by atoms with van der Waals surface area (Å²) in [4.78, 5) is 35.7. The van der Waals surface area contributed by atoms with Gasteiger partial charge in [0.1, 0.15) is 11.9 Å². The van der Waals surface area contributed by atoms with Crippen LogP contribution in [0.1, 0.15) is 0 Å². The van der Waals surface area contributed by atoms with Gasteiger partial charge >= 0.3 is 5.82 Å². The molecule has 2 aromatic rings. The smallest absolute Gasteiger partial charge is 0.406 e. The Hall–Kier alpha value is -3.76. The predicted octanol–water partition coefficient (Wildman–Crippen LogP) is 1.92. The van der Waals surface area contributed by atoms with E-state index in [-0.39, 0.29) is 22.9 Å². The molecule has 11 nitrogen and oxygen atoms in total. The van der Waals surface area contributed by atoms with E-state index < -0.39 is 28.2 Å². The Morgan fingerprint density at radius 3 is 2.60 bits per heavy atom. The maximum atomic E-state index is 11.9. The lowest BCUT2D eigenvalue weighted by atomic mass is 10.2. The topological polar surface area (TPSA) is 147 Å². The number of nitrogens with one attached hydrogen (secondary N) is 1. The molecule has 1 N–H and O–H groups in total. The summed E-state index contributed by atoms with van der Waals surface area (Å²) in [5.41, 5.74) is -0.000491. The Labute approximate surface area is 140 Å². The van der Waals surface area contributed by atoms with Gasteiger partial charge in [0.2, 0.25) is 5.75 Å². The number of nitro benzene ring substituents is 1. The number of pyridine rings is 1. The van der Waals surface area contributed by atoms with Crippen molar-refractivity contribution in [3.05, 3.63) is 56.8 Å². The van der Waals surface area contributed by atoms with Crippen molar-refractivity contribution in [1.29, 1.82) is 0 Å². The summed E-state index contributed by atoms with van der Waals surface area (Å²) in [6.45, 7) is -0.521. The molecule has 0 aliphatic rings. The summed E-state index contributed by atoms with van der Waals surface area (Å²) in [6.07, 6.45) is 1.23. The molecule has 0 spiro atoms. The second kappa shape index (κ2) is 7.68. The summed E-state index contributed by atoms with van der Waals surface area (Å²) in [5, 5.41) is 24.0. The fraction of sp³-hybridized carbons (Fsp3) is 0.143. The zero-order valence-electron chi connectivity index (χ0n) is 12.9. The number of ether oxygens (including phenoxy) is 2. The number of nitrogens with zero attached hydrogens (tertiary/aromatic N) is 3. The summed E-state index contributed by atoms with van der Waals surface area (Å²) in [5.74, 6) is -1.21. The number of carbonyl (C=O) groups is 1. The molecular formula is C14H12N4O7. The lowest BCUT2D eigenvalue weighted by molar-refractivity contribution is -0.390. The minimum Gasteiger partial charge on any atom is -0.494 e. The molecule has 0 saturated heterocycles. The van der Waals surface area contributed by atoms with Crippen molar-refractivity contribution >= 4 is 23.1 Å². The zero-order valence-corrected chi connectivity index (χ0v) is 12.9. The molecular weight excluding hydrogens is 336 g/mol. The van der Waals surface area contributed by atoms with E-state index in [0.717, 1.165) is 6.07 Å². The van der Waals surface area contributed by atoms with Crippen molar-refractivity contribution < 1.29 is 24.1 Å². The van der Waals surface area contributed by atoms with Crippen LogP contribution in [0.5, 0.6) is 11.5 Å². The zero-order chi connectivity index (χ0) is 18.4. The van der Waals surface area contributed by atoms with Gasteiger partial charge in [-0.3, -0.25) is 14.9 Å². The maximum absolute atomic E-state index is 11.9. The predicted molar refractivity (Wildman–Crippen MR) is 84.7 cm³/mol. The van der Waals surface area contributed by atoms with Crippen LogP contribution in [-0.2, 0) is 4.79 Å². The molecule has 1 amide bonds. The van der Waals surface area contributed by atoms with Gasteiger partial charge in [-0.1, -0.05) is 0 Å². The molecule has 0 atom stereocenters. The molecule has 0 fully saturated rings. The van der Waals surface area contributed by atoms with Gasteiger partial charge in [-0.2, -0.15) is 0 Å². The van der Waals surface area contributed by atoms with Gasteiger partial charge in [0, 0.05) is 6.07 Å². The molecule has 0 saturated carbocycles. The highest BCUT2D eigenvalue weighted by atomic mass is 16.6. The molecule has 1 heterocycles. The third-order valence-electron chi connectivity index (χ3n) is 2.95. The first-order valence-corrected chi connectivity index (χ1v) is 6.77. The Balaban J connectivity index is 2.06. The van der Waals surface area contributed by atoms with Crippen LogP contribution in [-0.4, -0.2) is 34.5 Å². The van der Waals surface area contributed by atoms with Crippen LogP contribution in [0.4, 0.5) is 17.2 Å². The Morgan fingerprint density at radius 2 is 1.96 bits per heavy atom. The fourth-order valence-corrected chi connectivity index (χ4v) is 1.86. The third kappa shape index (κ3) is 4.37. The Bertz CT molecular complexity index is 825. The van der Waals surface area contributed by atoms with Crippen molar-refractivity contribution in [2.24, 2.45) is 0 Å². The average Bonchev–Trinajstić information content (AvgIpc) is 2.60. The van der Waals surface area contributed by atoms with Gasteiger partial charge in [-0.15, -0.1) is 0 Å². The molecule has 0 unspecified atom stereocenters. The largest absolute Gasteiger partial charge is 0.494 e. The highest BCUT2D eigenvalue weighted by Crippen LogP contribution is 2.29. The van der Waals surface area contributed by atoms with E-state index >= 15 is 0 Å². The normalized spacial score (nSPS) is 9.96. The van der Waals surface area contributed by atoms with Crippen LogP contribution >= 0.6 is 0 Å². The van der Waals surface area contributed by atoms with Crippen molar-refractivity contribution in [1.82, 2.24) is 4.98 Å². The molecule has 0 aliphatic carbocycles. The van der Waals surface area contributed by atoms with Gasteiger partial charge in [0.05, 0.1) is 23.8 Å². The minimum atomic E-state index is -0.730. The summed E-state index contributed by atoms with van der Waals surface area (Å²) in [6, 6.07) is 6.40. The molecule has 0 radical (unpaired) electrons. The monoisotopic (exact) mass is 348 g/mol. The van der Waals surface area contributed by atoms with E-state index in [2.05, 4.69) is 10.3 Å². The molecule has 25 heavy (non-hydrogen) atoms. The minimum absolute atomic E-state index is 0.0925. The van der Waals surface area contributed by atoms with Crippen molar-refractivity contribution in [3.63, 3.8) is 0 Å². The molecule has 130 valence electrons. The highest BCUT2D eigenvalue weighted by molar-refractivity contribution is 5.93. The molecule has 11 heteroatoms. The molecule has 0 aliphatic heterocycles. The van der Waals surface area contributed by atoms with E-state index in [1.165, 1.54) is 37.6 Å². The van der Waals surface area contributed by atoms with E-state index in [9.17, 15) is 25.0 Å². The van der Waals surface area contributed by atoms with Crippen LogP contribution in [0.25, 0.3) is 0 Å². The molecule has 1 aromatic heterocycles. The van der Waals surface area contributed by atoms with Crippen LogP contribution in [0, 0.1) is 20.2 Å². The van der Waals surface area contributed by atoms with Gasteiger partial charge in [0.25, 0.3) is 11.6 Å². The van der Waals surface area contributed by atoms with E-state index in [4.69, 9.17) is 9.47 Å². The van der Waals surface area contributed by atoms with Gasteiger partial charge in [-0.05, 0) is 28.1 Å². The number of carbonyl (C=O) groups excluding carboxylic acids is 1. The number of non-ortho nitro benzene ring substituents is 1. The number of aromatic nitrogens is 1. The number of amides is 1. The van der Waals surface area contributed by atoms with Crippen LogP contribution in [0.15, 0.2) is 36.5 Å². The quantitative estimate of drug-likeness (QED) is 0.589. The highest BCUT2D eigenvalue weighted by Gasteiger charge is 2.18. The van der Waals surface area contributed by atoms with Crippen LogP contribution in [0.2, 0.25) is 0 Å². The van der Waals surface area contributed by atoms with Gasteiger partial charge < -0.3 is 24.9 Å². The van der Waals surface area contributed by atoms with Crippen molar-refractivity contribution in [3.8, 4) is 11.5 Å². The Morgan fingerprint density at radius 1 is 1.20 bits per heavy atom. The number of methoxy groups -OCH3 is 1. The number of rotatable bonds is 7. The average molecular weight is 348 g/mol. The molecule has 0 bridgehead atoms. The molecule has 1 aromatic carbocycles. The number of hydrogen-bond acceptors (Lipinski definition) is 8. The first kappa shape index (κ1) is 17.6. The van der Waals surface area contributed by atoms with Crippen LogP contribution in [0.3, 0.4) is 0 Å². The van der Waals surface area contributed by atoms with Crippen molar-refractivity contribution in [2.45, 2.75) is 0 Å². The number of anilines is 1. The first-order chi connectivity index (χ1) is 11.9. The van der Waals surface area contributed by atoms with E-state index in [0.29, 0.717) is 0 Å². The van der Waals surface area contributed by atoms with E-state index in [1.807, 2.05) is 0 Å².